The first-order valence-corrected chi connectivity index (χ1v) is 8.93. The third-order valence-corrected chi connectivity index (χ3v) is 3.89. The van der Waals surface area contributed by atoms with Crippen molar-refractivity contribution in [2.24, 2.45) is 4.99 Å². The van der Waals surface area contributed by atoms with E-state index in [-0.39, 0.29) is 36.4 Å². The Morgan fingerprint density at radius 2 is 1.88 bits per heavy atom. The molecule has 0 spiro atoms. The molecule has 1 amide bonds. The monoisotopic (exact) mass is 479 g/mol. The van der Waals surface area contributed by atoms with Gasteiger partial charge in [0.2, 0.25) is 5.91 Å². The summed E-state index contributed by atoms with van der Waals surface area (Å²) in [6, 6.07) is 4.70. The first kappa shape index (κ1) is 24.7. The van der Waals surface area contributed by atoms with E-state index < -0.39 is 0 Å². The van der Waals surface area contributed by atoms with Gasteiger partial charge in [-0.1, -0.05) is 0 Å². The fourth-order valence-electron chi connectivity index (χ4n) is 2.63. The van der Waals surface area contributed by atoms with Gasteiger partial charge in [0.15, 0.2) is 5.96 Å². The molecule has 150 valence electrons. The van der Waals surface area contributed by atoms with E-state index in [2.05, 4.69) is 53.5 Å². The molecule has 3 N–H and O–H groups in total. The number of nitrogens with zero attached hydrogens (tertiary/aromatic N) is 2. The van der Waals surface area contributed by atoms with Gasteiger partial charge in [0.05, 0.1) is 19.4 Å². The van der Waals surface area contributed by atoms with Crippen molar-refractivity contribution in [3.8, 4) is 0 Å². The largest absolute Gasteiger partial charge is 0.467 e. The highest BCUT2D eigenvalue weighted by Crippen LogP contribution is 2.05. The normalized spacial score (nSPS) is 11.6. The summed E-state index contributed by atoms with van der Waals surface area (Å²) >= 11 is 0. The predicted molar refractivity (Wildman–Crippen MR) is 117 cm³/mol. The number of hydrogen-bond donors (Lipinski definition) is 3. The van der Waals surface area contributed by atoms with E-state index in [0.717, 1.165) is 25.3 Å². The number of carbonyl (C=O) groups excluding carboxylic acids is 1. The van der Waals surface area contributed by atoms with Crippen LogP contribution in [-0.2, 0) is 11.3 Å². The van der Waals surface area contributed by atoms with Crippen molar-refractivity contribution in [1.29, 1.82) is 0 Å². The molecule has 0 fully saturated rings. The summed E-state index contributed by atoms with van der Waals surface area (Å²) in [7, 11) is 1.70. The van der Waals surface area contributed by atoms with Crippen molar-refractivity contribution in [3.63, 3.8) is 0 Å². The minimum Gasteiger partial charge on any atom is -0.467 e. The molecule has 0 bridgehead atoms. The molecule has 26 heavy (non-hydrogen) atoms. The first-order valence-electron chi connectivity index (χ1n) is 8.93. The average Bonchev–Trinajstić information content (AvgIpc) is 3.08. The van der Waals surface area contributed by atoms with E-state index in [4.69, 9.17) is 4.42 Å². The van der Waals surface area contributed by atoms with Gasteiger partial charge in [0, 0.05) is 32.2 Å². The second-order valence-corrected chi connectivity index (χ2v) is 6.49. The molecule has 1 rings (SSSR count). The van der Waals surface area contributed by atoms with Crippen LogP contribution in [0.1, 0.15) is 39.9 Å². The van der Waals surface area contributed by atoms with Crippen LogP contribution in [-0.4, -0.2) is 55.5 Å². The second-order valence-electron chi connectivity index (χ2n) is 6.49. The molecule has 1 heterocycles. The van der Waals surface area contributed by atoms with Crippen LogP contribution >= 0.6 is 24.0 Å². The number of hydrogen-bond acceptors (Lipinski definition) is 4. The summed E-state index contributed by atoms with van der Waals surface area (Å²) in [6.07, 6.45) is 2.60. The van der Waals surface area contributed by atoms with Crippen LogP contribution in [0, 0.1) is 0 Å². The third-order valence-electron chi connectivity index (χ3n) is 3.89. The standard InChI is InChI=1S/C18H33N5O2.HI/c1-14(2)23(15(3)4)10-7-9-20-18(19-5)22-13-17(24)21-12-16-8-6-11-25-16;/h6,8,11,14-15H,7,9-10,12-13H2,1-5H3,(H,21,24)(H2,19,20,22);1H. The molecule has 0 radical (unpaired) electrons. The molecule has 0 aromatic carbocycles. The Kier molecular flexibility index (Phi) is 13.2. The van der Waals surface area contributed by atoms with E-state index in [1.54, 1.807) is 19.4 Å². The van der Waals surface area contributed by atoms with Gasteiger partial charge >= 0.3 is 0 Å². The van der Waals surface area contributed by atoms with Gasteiger partial charge in [0.1, 0.15) is 5.76 Å². The Labute approximate surface area is 174 Å². The summed E-state index contributed by atoms with van der Waals surface area (Å²) in [5, 5.41) is 9.04. The number of halogens is 1. The molecule has 1 aromatic heterocycles. The van der Waals surface area contributed by atoms with Crippen LogP contribution in [0.5, 0.6) is 0 Å². The minimum absolute atomic E-state index is 0. The maximum absolute atomic E-state index is 11.8. The first-order chi connectivity index (χ1) is 11.9. The van der Waals surface area contributed by atoms with Crippen molar-refractivity contribution in [1.82, 2.24) is 20.9 Å². The van der Waals surface area contributed by atoms with Crippen molar-refractivity contribution in [2.75, 3.05) is 26.7 Å². The molecule has 7 nitrogen and oxygen atoms in total. The van der Waals surface area contributed by atoms with E-state index in [9.17, 15) is 4.79 Å². The molecule has 0 saturated carbocycles. The highest BCUT2D eigenvalue weighted by Gasteiger charge is 2.12. The maximum atomic E-state index is 11.8. The van der Waals surface area contributed by atoms with Gasteiger partial charge in [-0.25, -0.2) is 0 Å². The summed E-state index contributed by atoms with van der Waals surface area (Å²) in [5.41, 5.74) is 0. The zero-order valence-electron chi connectivity index (χ0n) is 16.5. The number of nitrogens with one attached hydrogen (secondary N) is 3. The lowest BCUT2D eigenvalue weighted by Crippen LogP contribution is -2.44. The van der Waals surface area contributed by atoms with Crippen molar-refractivity contribution in [2.45, 2.75) is 52.7 Å². The highest BCUT2D eigenvalue weighted by molar-refractivity contribution is 14.0. The number of rotatable bonds is 10. The van der Waals surface area contributed by atoms with Gasteiger partial charge < -0.3 is 20.4 Å². The van der Waals surface area contributed by atoms with Gasteiger partial charge in [-0.05, 0) is 46.2 Å². The quantitative estimate of drug-likeness (QED) is 0.208. The van der Waals surface area contributed by atoms with E-state index >= 15 is 0 Å². The summed E-state index contributed by atoms with van der Waals surface area (Å²) in [5.74, 6) is 1.26. The maximum Gasteiger partial charge on any atom is 0.239 e. The van der Waals surface area contributed by atoms with Gasteiger partial charge in [0.25, 0.3) is 0 Å². The minimum atomic E-state index is -0.106. The van der Waals surface area contributed by atoms with Crippen molar-refractivity contribution in [3.05, 3.63) is 24.2 Å². The Bertz CT molecular complexity index is 510. The zero-order valence-corrected chi connectivity index (χ0v) is 18.9. The van der Waals surface area contributed by atoms with E-state index in [0.29, 0.717) is 24.6 Å². The van der Waals surface area contributed by atoms with E-state index in [1.807, 2.05) is 6.07 Å². The lowest BCUT2D eigenvalue weighted by molar-refractivity contribution is -0.120. The predicted octanol–water partition coefficient (Wildman–Crippen LogP) is 2.19. The summed E-state index contributed by atoms with van der Waals surface area (Å²) < 4.78 is 5.17. The fourth-order valence-corrected chi connectivity index (χ4v) is 2.63. The van der Waals surface area contributed by atoms with Crippen LogP contribution in [0.3, 0.4) is 0 Å². The fraction of sp³-hybridized carbons (Fsp3) is 0.667. The summed E-state index contributed by atoms with van der Waals surface area (Å²) in [6.45, 7) is 11.3. The van der Waals surface area contributed by atoms with Crippen LogP contribution in [0.4, 0.5) is 0 Å². The van der Waals surface area contributed by atoms with E-state index in [1.165, 1.54) is 0 Å². The number of furan rings is 1. The molecule has 8 heteroatoms. The van der Waals surface area contributed by atoms with Crippen LogP contribution in [0.2, 0.25) is 0 Å². The molecule has 0 atom stereocenters. The van der Waals surface area contributed by atoms with Crippen molar-refractivity contribution >= 4 is 35.8 Å². The smallest absolute Gasteiger partial charge is 0.239 e. The molecule has 0 aliphatic rings. The summed E-state index contributed by atoms with van der Waals surface area (Å²) in [4.78, 5) is 18.4. The molecular weight excluding hydrogens is 445 g/mol. The average molecular weight is 479 g/mol. The highest BCUT2D eigenvalue weighted by atomic mass is 127. The lowest BCUT2D eigenvalue weighted by Gasteiger charge is -2.30. The molecule has 0 aliphatic carbocycles. The molecular formula is C18H34IN5O2. The third kappa shape index (κ3) is 10.0. The van der Waals surface area contributed by atoms with Gasteiger partial charge in [-0.3, -0.25) is 14.7 Å². The molecule has 0 aliphatic heterocycles. The number of guanidine groups is 1. The Hall–Kier alpha value is -1.29. The SMILES string of the molecule is CN=C(NCCCN(C(C)C)C(C)C)NCC(=O)NCc1ccco1.I. The molecule has 0 unspecified atom stereocenters. The van der Waals surface area contributed by atoms with Gasteiger partial charge in [-0.2, -0.15) is 0 Å². The molecule has 1 aromatic rings. The topological polar surface area (TPSA) is 81.9 Å². The lowest BCUT2D eigenvalue weighted by atomic mass is 10.2. The Morgan fingerprint density at radius 1 is 1.19 bits per heavy atom. The van der Waals surface area contributed by atoms with Crippen LogP contribution < -0.4 is 16.0 Å². The van der Waals surface area contributed by atoms with Gasteiger partial charge in [-0.15, -0.1) is 24.0 Å². The number of carbonyl (C=O) groups is 1. The zero-order chi connectivity index (χ0) is 18.7. The Balaban J connectivity index is 0.00000625. The van der Waals surface area contributed by atoms with Crippen LogP contribution in [0.25, 0.3) is 0 Å². The van der Waals surface area contributed by atoms with Crippen LogP contribution in [0.15, 0.2) is 27.8 Å². The Morgan fingerprint density at radius 3 is 2.42 bits per heavy atom. The van der Waals surface area contributed by atoms with Crippen molar-refractivity contribution < 1.29 is 9.21 Å². The number of aliphatic imine (C=N–C) groups is 1. The molecule has 0 saturated heterocycles. The second kappa shape index (κ2) is 13.9. The number of amides is 1.